The molecule has 0 aromatic heterocycles. The highest BCUT2D eigenvalue weighted by atomic mass is 35.5. The van der Waals surface area contributed by atoms with Crippen molar-refractivity contribution in [1.82, 2.24) is 10.2 Å². The zero-order valence-electron chi connectivity index (χ0n) is 19.8. The van der Waals surface area contributed by atoms with Crippen molar-refractivity contribution in [2.75, 3.05) is 23.7 Å². The molecule has 7 nitrogen and oxygen atoms in total. The number of sulfonamides is 1. The van der Waals surface area contributed by atoms with Crippen LogP contribution in [0.15, 0.2) is 42.5 Å². The predicted molar refractivity (Wildman–Crippen MR) is 138 cm³/mol. The van der Waals surface area contributed by atoms with Gasteiger partial charge in [0.25, 0.3) is 0 Å². The molecule has 0 saturated carbocycles. The fourth-order valence-electron chi connectivity index (χ4n) is 3.52. The summed E-state index contributed by atoms with van der Waals surface area (Å²) < 4.78 is 26.4. The first kappa shape index (κ1) is 28.0. The number of carbonyl (C=O) groups is 2. The number of anilines is 1. The van der Waals surface area contributed by atoms with E-state index in [1.54, 1.807) is 43.3 Å². The summed E-state index contributed by atoms with van der Waals surface area (Å²) in [6.07, 6.45) is 2.16. The minimum Gasteiger partial charge on any atom is -0.354 e. The third kappa shape index (κ3) is 7.61. The van der Waals surface area contributed by atoms with E-state index in [-0.39, 0.29) is 12.5 Å². The van der Waals surface area contributed by atoms with Gasteiger partial charge in [-0.3, -0.25) is 13.9 Å². The second-order valence-electron chi connectivity index (χ2n) is 8.06. The Morgan fingerprint density at radius 3 is 2.21 bits per heavy atom. The number of nitrogens with zero attached hydrogens (tertiary/aromatic N) is 2. The molecule has 0 saturated heterocycles. The Morgan fingerprint density at radius 1 is 1.03 bits per heavy atom. The van der Waals surface area contributed by atoms with Crippen LogP contribution >= 0.6 is 23.2 Å². The minimum atomic E-state index is -3.82. The molecule has 10 heteroatoms. The van der Waals surface area contributed by atoms with E-state index >= 15 is 0 Å². The molecule has 1 N–H and O–H groups in total. The summed E-state index contributed by atoms with van der Waals surface area (Å²) in [5.41, 5.74) is 1.74. The van der Waals surface area contributed by atoms with Gasteiger partial charge in [0, 0.05) is 23.1 Å². The van der Waals surface area contributed by atoms with Crippen molar-refractivity contribution in [3.8, 4) is 0 Å². The first-order valence-electron chi connectivity index (χ1n) is 11.0. The van der Waals surface area contributed by atoms with E-state index in [9.17, 15) is 18.0 Å². The Labute approximate surface area is 212 Å². The number of nitrogens with one attached hydrogen (secondary N) is 1. The van der Waals surface area contributed by atoms with Crippen LogP contribution in [0.3, 0.4) is 0 Å². The average molecular weight is 529 g/mol. The number of carbonyl (C=O) groups excluding carboxylic acids is 2. The number of amides is 2. The maximum absolute atomic E-state index is 13.6. The second-order valence-corrected chi connectivity index (χ2v) is 10.8. The van der Waals surface area contributed by atoms with Crippen LogP contribution in [0.2, 0.25) is 10.0 Å². The highest BCUT2D eigenvalue weighted by Gasteiger charge is 2.32. The Hall–Kier alpha value is -2.29. The molecule has 0 bridgehead atoms. The first-order chi connectivity index (χ1) is 16.0. The molecular weight excluding hydrogens is 497 g/mol. The largest absolute Gasteiger partial charge is 0.354 e. The zero-order chi connectivity index (χ0) is 25.5. The number of benzene rings is 2. The number of rotatable bonds is 11. The van der Waals surface area contributed by atoms with E-state index in [0.717, 1.165) is 22.5 Å². The van der Waals surface area contributed by atoms with Crippen molar-refractivity contribution in [3.05, 3.63) is 63.6 Å². The molecule has 2 aromatic carbocycles. The van der Waals surface area contributed by atoms with Gasteiger partial charge >= 0.3 is 0 Å². The van der Waals surface area contributed by atoms with Gasteiger partial charge in [0.2, 0.25) is 21.8 Å². The van der Waals surface area contributed by atoms with Crippen molar-refractivity contribution < 1.29 is 18.0 Å². The van der Waals surface area contributed by atoms with Crippen LogP contribution in [0, 0.1) is 6.92 Å². The van der Waals surface area contributed by atoms with Gasteiger partial charge < -0.3 is 10.2 Å². The lowest BCUT2D eigenvalue weighted by atomic mass is 10.1. The van der Waals surface area contributed by atoms with E-state index in [4.69, 9.17) is 23.2 Å². The van der Waals surface area contributed by atoms with E-state index in [0.29, 0.717) is 34.3 Å². The van der Waals surface area contributed by atoms with E-state index in [1.807, 2.05) is 13.8 Å². The van der Waals surface area contributed by atoms with Crippen LogP contribution in [0.4, 0.5) is 5.69 Å². The molecule has 34 heavy (non-hydrogen) atoms. The number of hydrogen-bond acceptors (Lipinski definition) is 4. The highest BCUT2D eigenvalue weighted by molar-refractivity contribution is 7.92. The number of hydrogen-bond donors (Lipinski definition) is 1. The van der Waals surface area contributed by atoms with Crippen molar-refractivity contribution in [3.63, 3.8) is 0 Å². The Balaban J connectivity index is 2.45. The summed E-state index contributed by atoms with van der Waals surface area (Å²) in [4.78, 5) is 27.9. The summed E-state index contributed by atoms with van der Waals surface area (Å²) in [7, 11) is -3.82. The van der Waals surface area contributed by atoms with Crippen LogP contribution in [0.1, 0.15) is 37.8 Å². The van der Waals surface area contributed by atoms with Crippen LogP contribution < -0.4 is 9.62 Å². The van der Waals surface area contributed by atoms with Crippen LogP contribution in [0.25, 0.3) is 0 Å². The Kier molecular flexibility index (Phi) is 10.2. The smallest absolute Gasteiger partial charge is 0.244 e. The molecule has 2 aromatic rings. The fourth-order valence-corrected chi connectivity index (χ4v) is 4.71. The monoisotopic (exact) mass is 527 g/mol. The highest BCUT2D eigenvalue weighted by Crippen LogP contribution is 2.27. The van der Waals surface area contributed by atoms with Gasteiger partial charge in [-0.1, -0.05) is 55.2 Å². The SMILES string of the molecule is CCCNC(=O)C(CC)N(Cc1ccc(Cl)cc1)C(=O)CN(c1cc(Cl)ccc1C)S(C)(=O)=O. The molecule has 0 heterocycles. The number of halogens is 2. The van der Waals surface area contributed by atoms with Crippen LogP contribution in [-0.2, 0) is 26.2 Å². The third-order valence-electron chi connectivity index (χ3n) is 5.32. The molecule has 0 aliphatic rings. The van der Waals surface area contributed by atoms with Crippen molar-refractivity contribution in [1.29, 1.82) is 0 Å². The molecule has 0 spiro atoms. The summed E-state index contributed by atoms with van der Waals surface area (Å²) in [5, 5.41) is 3.74. The Morgan fingerprint density at radius 2 is 1.65 bits per heavy atom. The lowest BCUT2D eigenvalue weighted by molar-refractivity contribution is -0.140. The van der Waals surface area contributed by atoms with Gasteiger partial charge in [0.1, 0.15) is 12.6 Å². The molecule has 186 valence electrons. The van der Waals surface area contributed by atoms with Gasteiger partial charge in [0.15, 0.2) is 0 Å². The molecule has 0 radical (unpaired) electrons. The summed E-state index contributed by atoms with van der Waals surface area (Å²) in [5.74, 6) is -0.783. The van der Waals surface area contributed by atoms with Gasteiger partial charge in [-0.2, -0.15) is 0 Å². The topological polar surface area (TPSA) is 86.8 Å². The number of aryl methyl sites for hydroxylation is 1. The molecular formula is C24H31Cl2N3O4S. The maximum atomic E-state index is 13.6. The molecule has 0 fully saturated rings. The normalized spacial score (nSPS) is 12.2. The van der Waals surface area contributed by atoms with E-state index in [2.05, 4.69) is 5.32 Å². The summed E-state index contributed by atoms with van der Waals surface area (Å²) in [6.45, 7) is 5.64. The van der Waals surface area contributed by atoms with Crippen molar-refractivity contribution in [2.45, 2.75) is 46.2 Å². The molecule has 2 amide bonds. The molecule has 1 atom stereocenters. The molecule has 0 aliphatic heterocycles. The third-order valence-corrected chi connectivity index (χ3v) is 6.93. The Bertz CT molecular complexity index is 1110. The van der Waals surface area contributed by atoms with Gasteiger partial charge in [-0.15, -0.1) is 0 Å². The van der Waals surface area contributed by atoms with Gasteiger partial charge in [-0.05, 0) is 55.2 Å². The minimum absolute atomic E-state index is 0.125. The fraction of sp³-hybridized carbons (Fsp3) is 0.417. The van der Waals surface area contributed by atoms with Crippen LogP contribution in [0.5, 0.6) is 0 Å². The first-order valence-corrected chi connectivity index (χ1v) is 13.6. The van der Waals surface area contributed by atoms with Gasteiger partial charge in [0.05, 0.1) is 11.9 Å². The van der Waals surface area contributed by atoms with Crippen molar-refractivity contribution >= 4 is 50.7 Å². The lowest BCUT2D eigenvalue weighted by Gasteiger charge is -2.33. The molecule has 0 aliphatic carbocycles. The summed E-state index contributed by atoms with van der Waals surface area (Å²) in [6, 6.07) is 11.0. The van der Waals surface area contributed by atoms with E-state index in [1.165, 1.54) is 11.0 Å². The molecule has 1 unspecified atom stereocenters. The maximum Gasteiger partial charge on any atom is 0.244 e. The second kappa shape index (κ2) is 12.4. The van der Waals surface area contributed by atoms with Crippen LogP contribution in [-0.4, -0.2) is 50.5 Å². The molecule has 2 rings (SSSR count). The summed E-state index contributed by atoms with van der Waals surface area (Å²) >= 11 is 12.1. The standard InChI is InChI=1S/C24H31Cl2N3O4S/c1-5-13-27-24(31)21(6-2)28(15-18-8-11-19(25)12-9-18)23(30)16-29(34(4,32)33)22-14-20(26)10-7-17(22)3/h7-12,14,21H,5-6,13,15-16H2,1-4H3,(H,27,31). The lowest BCUT2D eigenvalue weighted by Crippen LogP contribution is -2.52. The van der Waals surface area contributed by atoms with E-state index < -0.39 is 28.5 Å². The van der Waals surface area contributed by atoms with Crippen molar-refractivity contribution in [2.24, 2.45) is 0 Å². The predicted octanol–water partition coefficient (Wildman–Crippen LogP) is 4.40. The van der Waals surface area contributed by atoms with Gasteiger partial charge in [-0.25, -0.2) is 8.42 Å². The quantitative estimate of drug-likeness (QED) is 0.469. The zero-order valence-corrected chi connectivity index (χ0v) is 22.2. The average Bonchev–Trinajstić information content (AvgIpc) is 2.78.